The van der Waals surface area contributed by atoms with E-state index < -0.39 is 0 Å². The molecule has 0 spiro atoms. The number of carbonyl (C=O) groups is 1. The molecule has 0 fully saturated rings. The number of carbonyl (C=O) groups excluding carboxylic acids is 1. The average molecular weight is 373 g/mol. The molecule has 3 aromatic rings. The van der Waals surface area contributed by atoms with Crippen molar-refractivity contribution in [3.8, 4) is 0 Å². The second-order valence-corrected chi connectivity index (χ2v) is 6.82. The molecule has 0 aliphatic heterocycles. The normalized spacial score (nSPS) is 10.6. The van der Waals surface area contributed by atoms with Gasteiger partial charge in [-0.15, -0.1) is 10.2 Å². The third-order valence-electron chi connectivity index (χ3n) is 3.55. The molecular formula is C18H17ClN4OS. The lowest BCUT2D eigenvalue weighted by atomic mass is 10.2. The van der Waals surface area contributed by atoms with E-state index in [2.05, 4.69) is 27.6 Å². The number of aromatic nitrogens is 3. The molecular weight excluding hydrogens is 356 g/mol. The molecule has 0 saturated carbocycles. The predicted molar refractivity (Wildman–Crippen MR) is 101 cm³/mol. The number of rotatable bonds is 6. The van der Waals surface area contributed by atoms with Gasteiger partial charge in [-0.2, -0.15) is 0 Å². The van der Waals surface area contributed by atoms with E-state index in [9.17, 15) is 4.79 Å². The van der Waals surface area contributed by atoms with Crippen molar-refractivity contribution in [1.29, 1.82) is 0 Å². The number of anilines is 1. The Hall–Kier alpha value is -2.31. The summed E-state index contributed by atoms with van der Waals surface area (Å²) in [5.74, 6) is 0.985. The second kappa shape index (κ2) is 8.18. The van der Waals surface area contributed by atoms with Crippen molar-refractivity contribution < 1.29 is 4.79 Å². The smallest absolute Gasteiger partial charge is 0.234 e. The molecule has 25 heavy (non-hydrogen) atoms. The summed E-state index contributed by atoms with van der Waals surface area (Å²) in [6.45, 7) is 2.59. The first-order valence-electron chi connectivity index (χ1n) is 7.74. The van der Waals surface area contributed by atoms with E-state index in [1.165, 1.54) is 11.8 Å². The summed E-state index contributed by atoms with van der Waals surface area (Å²) in [5, 5.41) is 12.5. The number of nitrogens with zero attached hydrogens (tertiary/aromatic N) is 3. The summed E-state index contributed by atoms with van der Waals surface area (Å²) in [6, 6.07) is 17.1. The zero-order valence-corrected chi connectivity index (χ0v) is 15.2. The van der Waals surface area contributed by atoms with Gasteiger partial charge in [-0.25, -0.2) is 0 Å². The lowest BCUT2D eigenvalue weighted by molar-refractivity contribution is -0.113. The van der Waals surface area contributed by atoms with Crippen LogP contribution in [-0.2, 0) is 11.3 Å². The van der Waals surface area contributed by atoms with Gasteiger partial charge in [0.15, 0.2) is 5.16 Å². The number of thioether (sulfide) groups is 1. The number of hydrogen-bond acceptors (Lipinski definition) is 4. The van der Waals surface area contributed by atoms with Crippen LogP contribution in [0.15, 0.2) is 59.8 Å². The van der Waals surface area contributed by atoms with Crippen molar-refractivity contribution in [1.82, 2.24) is 14.8 Å². The Labute approximate surface area is 155 Å². The zero-order valence-electron chi connectivity index (χ0n) is 13.6. The minimum atomic E-state index is -0.0979. The molecule has 1 heterocycles. The van der Waals surface area contributed by atoms with Crippen LogP contribution in [-0.4, -0.2) is 26.4 Å². The van der Waals surface area contributed by atoms with Crippen molar-refractivity contribution >= 4 is 35.0 Å². The van der Waals surface area contributed by atoms with Gasteiger partial charge in [0.1, 0.15) is 5.82 Å². The monoisotopic (exact) mass is 372 g/mol. The highest BCUT2D eigenvalue weighted by Gasteiger charge is 2.12. The van der Waals surface area contributed by atoms with Gasteiger partial charge in [-0.1, -0.05) is 53.7 Å². The fraction of sp³-hybridized carbons (Fsp3) is 0.167. The molecule has 1 amide bonds. The predicted octanol–water partition coefficient (Wildman–Crippen LogP) is 4.02. The fourth-order valence-electron chi connectivity index (χ4n) is 2.28. The summed E-state index contributed by atoms with van der Waals surface area (Å²) in [5.41, 5.74) is 1.88. The number of amides is 1. The van der Waals surface area contributed by atoms with Gasteiger partial charge in [0.05, 0.1) is 12.3 Å². The fourth-order valence-corrected chi connectivity index (χ4v) is 3.19. The Bertz CT molecular complexity index is 849. The Morgan fingerprint density at radius 3 is 2.56 bits per heavy atom. The van der Waals surface area contributed by atoms with Crippen LogP contribution in [0.5, 0.6) is 0 Å². The van der Waals surface area contributed by atoms with Crippen LogP contribution in [0.25, 0.3) is 0 Å². The van der Waals surface area contributed by atoms with E-state index in [1.807, 2.05) is 29.7 Å². The van der Waals surface area contributed by atoms with Crippen LogP contribution in [0.1, 0.15) is 11.4 Å². The molecule has 7 heteroatoms. The first-order chi connectivity index (χ1) is 12.1. The lowest BCUT2D eigenvalue weighted by Gasteiger charge is -2.09. The van der Waals surface area contributed by atoms with Crippen molar-refractivity contribution in [2.45, 2.75) is 18.6 Å². The number of hydrogen-bond donors (Lipinski definition) is 1. The molecule has 0 atom stereocenters. The molecule has 3 rings (SSSR count). The lowest BCUT2D eigenvalue weighted by Crippen LogP contribution is -2.14. The number of nitrogens with one attached hydrogen (secondary N) is 1. The summed E-state index contributed by atoms with van der Waals surface area (Å²) in [4.78, 5) is 12.1. The SMILES string of the molecule is Cc1nnc(SCC(=O)Nc2ccc(Cl)cc2)n1Cc1ccccc1. The molecule has 128 valence electrons. The molecule has 0 saturated heterocycles. The van der Waals surface area contributed by atoms with Crippen molar-refractivity contribution in [2.24, 2.45) is 0 Å². The van der Waals surface area contributed by atoms with E-state index >= 15 is 0 Å². The highest BCUT2D eigenvalue weighted by Crippen LogP contribution is 2.19. The Balaban J connectivity index is 1.61. The van der Waals surface area contributed by atoms with Gasteiger partial charge in [0, 0.05) is 10.7 Å². The van der Waals surface area contributed by atoms with E-state index in [0.29, 0.717) is 11.6 Å². The molecule has 0 bridgehead atoms. The second-order valence-electron chi connectivity index (χ2n) is 5.45. The van der Waals surface area contributed by atoms with E-state index in [0.717, 1.165) is 22.2 Å². The number of aryl methyl sites for hydroxylation is 1. The van der Waals surface area contributed by atoms with Gasteiger partial charge >= 0.3 is 0 Å². The van der Waals surface area contributed by atoms with Crippen LogP contribution in [0.3, 0.4) is 0 Å². The van der Waals surface area contributed by atoms with Crippen LogP contribution >= 0.6 is 23.4 Å². The highest BCUT2D eigenvalue weighted by atomic mass is 35.5. The maximum Gasteiger partial charge on any atom is 0.234 e. The average Bonchev–Trinajstić information content (AvgIpc) is 2.96. The van der Waals surface area contributed by atoms with Gasteiger partial charge < -0.3 is 9.88 Å². The van der Waals surface area contributed by atoms with Gasteiger partial charge in [-0.3, -0.25) is 4.79 Å². The quantitative estimate of drug-likeness (QED) is 0.664. The van der Waals surface area contributed by atoms with Gasteiger partial charge in [0.2, 0.25) is 5.91 Å². The molecule has 0 aliphatic rings. The topological polar surface area (TPSA) is 59.8 Å². The molecule has 1 N–H and O–H groups in total. The maximum absolute atomic E-state index is 12.1. The Morgan fingerprint density at radius 2 is 1.84 bits per heavy atom. The first-order valence-corrected chi connectivity index (χ1v) is 9.10. The largest absolute Gasteiger partial charge is 0.325 e. The Kier molecular flexibility index (Phi) is 5.73. The van der Waals surface area contributed by atoms with E-state index in [1.54, 1.807) is 24.3 Å². The molecule has 1 aromatic heterocycles. The molecule has 2 aromatic carbocycles. The number of benzene rings is 2. The van der Waals surface area contributed by atoms with E-state index in [-0.39, 0.29) is 11.7 Å². The summed E-state index contributed by atoms with van der Waals surface area (Å²) < 4.78 is 2.01. The van der Waals surface area contributed by atoms with Crippen molar-refractivity contribution in [2.75, 3.05) is 11.1 Å². The summed E-state index contributed by atoms with van der Waals surface area (Å²) in [7, 11) is 0. The minimum absolute atomic E-state index is 0.0979. The van der Waals surface area contributed by atoms with Crippen molar-refractivity contribution in [3.05, 3.63) is 71.0 Å². The van der Waals surface area contributed by atoms with Crippen LogP contribution in [0, 0.1) is 6.92 Å². The number of halogens is 1. The molecule has 5 nitrogen and oxygen atoms in total. The molecule has 0 aliphatic carbocycles. The maximum atomic E-state index is 12.1. The summed E-state index contributed by atoms with van der Waals surface area (Å²) >= 11 is 7.21. The third-order valence-corrected chi connectivity index (χ3v) is 4.76. The molecule has 0 radical (unpaired) electrons. The Morgan fingerprint density at radius 1 is 1.12 bits per heavy atom. The summed E-state index contributed by atoms with van der Waals surface area (Å²) in [6.07, 6.45) is 0. The van der Waals surface area contributed by atoms with Crippen LogP contribution < -0.4 is 5.32 Å². The molecule has 0 unspecified atom stereocenters. The third kappa shape index (κ3) is 4.84. The van der Waals surface area contributed by atoms with Crippen LogP contribution in [0.2, 0.25) is 5.02 Å². The van der Waals surface area contributed by atoms with Crippen molar-refractivity contribution in [3.63, 3.8) is 0 Å². The van der Waals surface area contributed by atoms with Crippen LogP contribution in [0.4, 0.5) is 5.69 Å². The highest BCUT2D eigenvalue weighted by molar-refractivity contribution is 7.99. The zero-order chi connectivity index (χ0) is 17.6. The van der Waals surface area contributed by atoms with E-state index in [4.69, 9.17) is 11.6 Å². The standard InChI is InChI=1S/C18H17ClN4OS/c1-13-21-22-18(23(13)11-14-5-3-2-4-6-14)25-12-17(24)20-16-9-7-15(19)8-10-16/h2-10H,11-12H2,1H3,(H,20,24). The van der Waals surface area contributed by atoms with Gasteiger partial charge in [0.25, 0.3) is 0 Å². The first kappa shape index (κ1) is 17.5. The minimum Gasteiger partial charge on any atom is -0.325 e. The van der Waals surface area contributed by atoms with Gasteiger partial charge in [-0.05, 0) is 36.8 Å².